The van der Waals surface area contributed by atoms with Crippen molar-refractivity contribution in [2.75, 3.05) is 0 Å². The van der Waals surface area contributed by atoms with Gasteiger partial charge in [-0.15, -0.1) is 26.3 Å². The molecule has 2 rings (SSSR count). The molecule has 2 saturated carbocycles. The fourth-order valence-corrected chi connectivity index (χ4v) is 10.7. The lowest BCUT2D eigenvalue weighted by Gasteiger charge is -2.42. The summed E-state index contributed by atoms with van der Waals surface area (Å²) in [4.78, 5) is 0. The topological polar surface area (TPSA) is 0 Å². The highest BCUT2D eigenvalue weighted by Gasteiger charge is 2.35. The third kappa shape index (κ3) is 25.7. The zero-order chi connectivity index (χ0) is 41.6. The van der Waals surface area contributed by atoms with E-state index in [0.717, 1.165) is 82.9 Å². The summed E-state index contributed by atoms with van der Waals surface area (Å²) in [7, 11) is 0. The van der Waals surface area contributed by atoms with Crippen molar-refractivity contribution in [2.24, 2.45) is 82.9 Å². The molecule has 0 spiro atoms. The van der Waals surface area contributed by atoms with Crippen molar-refractivity contribution in [2.45, 2.75) is 238 Å². The second kappa shape index (κ2) is 34.5. The van der Waals surface area contributed by atoms with Gasteiger partial charge < -0.3 is 0 Å². The molecule has 54 heavy (non-hydrogen) atoms. The molecular weight excluding hydrogens is 649 g/mol. The van der Waals surface area contributed by atoms with Crippen LogP contribution in [0.5, 0.6) is 0 Å². The highest BCUT2D eigenvalue weighted by atomic mass is 14.4. The fourth-order valence-electron chi connectivity index (χ4n) is 10.7. The van der Waals surface area contributed by atoms with Gasteiger partial charge in [-0.3, -0.25) is 0 Å². The lowest BCUT2D eigenvalue weighted by Crippen LogP contribution is -2.31. The molecule has 0 heteroatoms. The van der Waals surface area contributed by atoms with Crippen LogP contribution in [0.25, 0.3) is 0 Å². The maximum atomic E-state index is 3.00. The Morgan fingerprint density at radius 3 is 1.24 bits per heavy atom. The minimum atomic E-state index is 0.867. The predicted molar refractivity (Wildman–Crippen MR) is 252 cm³/mol. The Morgan fingerprint density at radius 2 is 0.815 bits per heavy atom. The second-order valence-electron chi connectivity index (χ2n) is 20.4. The highest BCUT2D eigenvalue weighted by molar-refractivity contribution is 4.86. The van der Waals surface area contributed by atoms with Gasteiger partial charge in [0.15, 0.2) is 0 Å². The van der Waals surface area contributed by atoms with E-state index in [9.17, 15) is 0 Å². The summed E-state index contributed by atoms with van der Waals surface area (Å²) in [6.45, 7) is 45.9. The van der Waals surface area contributed by atoms with Crippen LogP contribution >= 0.6 is 0 Å². The van der Waals surface area contributed by atoms with E-state index < -0.39 is 0 Å². The maximum absolute atomic E-state index is 3.00. The van der Waals surface area contributed by atoms with E-state index in [1.807, 2.05) is 0 Å². The van der Waals surface area contributed by atoms with E-state index >= 15 is 0 Å². The summed E-state index contributed by atoms with van der Waals surface area (Å²) in [6, 6.07) is 0. The Morgan fingerprint density at radius 1 is 0.407 bits per heavy atom. The predicted octanol–water partition coefficient (Wildman–Crippen LogP) is 19.1. The van der Waals surface area contributed by atoms with Crippen molar-refractivity contribution in [3.63, 3.8) is 0 Å². The van der Waals surface area contributed by atoms with Gasteiger partial charge >= 0.3 is 0 Å². The zero-order valence-electron chi connectivity index (χ0n) is 40.5. The molecule has 12 atom stereocenters. The molecule has 0 heterocycles. The molecule has 0 N–H and O–H groups in total. The van der Waals surface area contributed by atoms with Gasteiger partial charge in [-0.05, 0) is 134 Å². The molecule has 12 unspecified atom stereocenters. The van der Waals surface area contributed by atoms with Crippen molar-refractivity contribution < 1.29 is 0 Å². The fraction of sp³-hybridized carbons (Fsp3) is 0.926. The van der Waals surface area contributed by atoms with Gasteiger partial charge in [0.1, 0.15) is 0 Å². The van der Waals surface area contributed by atoms with Gasteiger partial charge in [0.05, 0.1) is 0 Å². The van der Waals surface area contributed by atoms with Crippen LogP contribution in [0.3, 0.4) is 0 Å². The third-order valence-electron chi connectivity index (χ3n) is 15.1. The number of hydrogen-bond acceptors (Lipinski definition) is 0. The molecule has 2 aliphatic rings. The van der Waals surface area contributed by atoms with Crippen LogP contribution in [-0.4, -0.2) is 0 Å². The first-order chi connectivity index (χ1) is 25.7. The average molecular weight is 757 g/mol. The summed E-state index contributed by atoms with van der Waals surface area (Å²) in [6.07, 6.45) is 32.3. The zero-order valence-corrected chi connectivity index (χ0v) is 40.5. The molecule has 324 valence electrons. The summed E-state index contributed by atoms with van der Waals surface area (Å²) in [5, 5.41) is 0. The van der Waals surface area contributed by atoms with E-state index in [0.29, 0.717) is 0 Å². The van der Waals surface area contributed by atoms with Crippen LogP contribution in [0.15, 0.2) is 26.3 Å². The SMILES string of the molecule is C=C.C=C.CCC(C)C(CC)CCC(C)CC(C)C(C)CC(C)CCCC(C)C.CCC(C)C(CC)CCC1CCC2CC(CCCC(C)C)CCC2C1. The van der Waals surface area contributed by atoms with Crippen molar-refractivity contribution in [1.82, 2.24) is 0 Å². The van der Waals surface area contributed by atoms with Gasteiger partial charge in [-0.2, -0.15) is 0 Å². The molecule has 0 aromatic heterocycles. The summed E-state index contributed by atoms with van der Waals surface area (Å²) in [5.74, 6) is 13.4. The molecule has 2 aliphatic carbocycles. The van der Waals surface area contributed by atoms with Gasteiger partial charge in [0.25, 0.3) is 0 Å². The first-order valence-electron chi connectivity index (χ1n) is 24.7. The largest absolute Gasteiger partial charge is 0.106 e. The lowest BCUT2D eigenvalue weighted by atomic mass is 9.63. The molecule has 0 aromatic rings. The van der Waals surface area contributed by atoms with E-state index in [-0.39, 0.29) is 0 Å². The highest BCUT2D eigenvalue weighted by Crippen LogP contribution is 2.47. The maximum Gasteiger partial charge on any atom is -0.0383 e. The molecule has 2 fully saturated rings. The second-order valence-corrected chi connectivity index (χ2v) is 20.4. The Kier molecular flexibility index (Phi) is 35.5. The van der Waals surface area contributed by atoms with Crippen LogP contribution in [0.2, 0.25) is 0 Å². The van der Waals surface area contributed by atoms with Gasteiger partial charge in [0, 0.05) is 0 Å². The van der Waals surface area contributed by atoms with Crippen molar-refractivity contribution in [3.05, 3.63) is 26.3 Å². The minimum absolute atomic E-state index is 0.867. The Labute approximate surface area is 346 Å². The van der Waals surface area contributed by atoms with Crippen molar-refractivity contribution >= 4 is 0 Å². The standard InChI is InChI=1S/C25H48.C25H52.2C2H4/c1-6-20(5)23(7-2)14-11-22-13-16-24-17-21(10-8-9-19(3)4)12-15-25(24)18-22;1-10-22(7)25(11-2)16-15-21(6)18-24(9)23(8)17-20(5)14-12-13-19(3)4;2*1-2/h19-25H,6-18H2,1-5H3;19-25H,10-18H2,1-9H3;2*1-2H2. The first-order valence-corrected chi connectivity index (χ1v) is 24.7. The molecule has 0 nitrogen and oxygen atoms in total. The molecule has 0 aliphatic heterocycles. The monoisotopic (exact) mass is 757 g/mol. The molecule has 0 aromatic carbocycles. The number of fused-ring (bicyclic) bond motifs is 1. The lowest BCUT2D eigenvalue weighted by molar-refractivity contribution is 0.0872. The molecule has 0 amide bonds. The van der Waals surface area contributed by atoms with Crippen LogP contribution in [0, 0.1) is 82.9 Å². The molecule has 0 saturated heterocycles. The normalized spacial score (nSPS) is 24.1. The van der Waals surface area contributed by atoms with E-state index in [1.54, 1.807) is 38.5 Å². The summed E-state index contributed by atoms with van der Waals surface area (Å²) >= 11 is 0. The average Bonchev–Trinajstić information content (AvgIpc) is 3.16. The van der Waals surface area contributed by atoms with E-state index in [4.69, 9.17) is 0 Å². The third-order valence-corrected chi connectivity index (χ3v) is 15.1. The summed E-state index contributed by atoms with van der Waals surface area (Å²) in [5.41, 5.74) is 0. The van der Waals surface area contributed by atoms with Crippen LogP contribution in [0.1, 0.15) is 238 Å². The molecule has 0 bridgehead atoms. The number of rotatable bonds is 25. The first kappa shape index (κ1) is 55.6. The van der Waals surface area contributed by atoms with Crippen LogP contribution in [-0.2, 0) is 0 Å². The Hall–Kier alpha value is -0.520. The van der Waals surface area contributed by atoms with Gasteiger partial charge in [-0.1, -0.05) is 187 Å². The van der Waals surface area contributed by atoms with E-state index in [1.165, 1.54) is 103 Å². The smallest absolute Gasteiger partial charge is 0.0383 e. The number of hydrogen-bond donors (Lipinski definition) is 0. The van der Waals surface area contributed by atoms with E-state index in [2.05, 4.69) is 123 Å². The van der Waals surface area contributed by atoms with Gasteiger partial charge in [0.2, 0.25) is 0 Å². The molecular formula is C54H108. The Bertz CT molecular complexity index is 792. The molecule has 0 radical (unpaired) electrons. The Balaban J connectivity index is 0. The van der Waals surface area contributed by atoms with Crippen molar-refractivity contribution in [3.8, 4) is 0 Å². The van der Waals surface area contributed by atoms with Crippen LogP contribution < -0.4 is 0 Å². The quantitative estimate of drug-likeness (QED) is 0.0814. The van der Waals surface area contributed by atoms with Crippen molar-refractivity contribution in [1.29, 1.82) is 0 Å². The van der Waals surface area contributed by atoms with Crippen LogP contribution in [0.4, 0.5) is 0 Å². The minimum Gasteiger partial charge on any atom is -0.106 e. The summed E-state index contributed by atoms with van der Waals surface area (Å²) < 4.78 is 0. The van der Waals surface area contributed by atoms with Gasteiger partial charge in [-0.25, -0.2) is 0 Å².